The summed E-state index contributed by atoms with van der Waals surface area (Å²) >= 11 is 0. The third-order valence-electron chi connectivity index (χ3n) is 3.99. The number of esters is 1. The average molecular weight is 251 g/mol. The van der Waals surface area contributed by atoms with Crippen LogP contribution in [-0.4, -0.2) is 36.6 Å². The largest absolute Gasteiger partial charge is 0.461 e. The van der Waals surface area contributed by atoms with Gasteiger partial charge in [0.1, 0.15) is 6.61 Å². The Hall–Kier alpha value is -0.830. The molecule has 0 amide bonds. The molecule has 2 heterocycles. The number of hydrogen-bond acceptors (Lipinski definition) is 3. The van der Waals surface area contributed by atoms with E-state index in [1.54, 1.807) is 0 Å². The highest BCUT2D eigenvalue weighted by Crippen LogP contribution is 2.22. The van der Waals surface area contributed by atoms with E-state index in [-0.39, 0.29) is 5.97 Å². The Bertz CT molecular complexity index is 312. The lowest BCUT2D eigenvalue weighted by atomic mass is 10.0. The Morgan fingerprint density at radius 3 is 3.11 bits per heavy atom. The molecule has 0 radical (unpaired) electrons. The summed E-state index contributed by atoms with van der Waals surface area (Å²) < 4.78 is 5.39. The van der Waals surface area contributed by atoms with E-state index in [4.69, 9.17) is 4.74 Å². The number of cyclic esters (lactones) is 1. The Morgan fingerprint density at radius 2 is 2.28 bits per heavy atom. The molecule has 0 aliphatic carbocycles. The van der Waals surface area contributed by atoms with Crippen molar-refractivity contribution in [1.29, 1.82) is 0 Å². The number of piperidine rings is 1. The Morgan fingerprint density at radius 1 is 1.39 bits per heavy atom. The van der Waals surface area contributed by atoms with Gasteiger partial charge in [0, 0.05) is 18.2 Å². The second-order valence-corrected chi connectivity index (χ2v) is 5.44. The molecular formula is C15H25NO2. The molecule has 0 spiro atoms. The molecule has 2 aliphatic rings. The van der Waals surface area contributed by atoms with Crippen LogP contribution < -0.4 is 0 Å². The molecule has 0 saturated carbocycles. The first-order chi connectivity index (χ1) is 8.81. The van der Waals surface area contributed by atoms with Crippen molar-refractivity contribution < 1.29 is 9.53 Å². The number of ether oxygens (including phenoxy) is 1. The fraction of sp³-hybridized carbons (Fsp3) is 0.800. The number of hydrogen-bond donors (Lipinski definition) is 0. The molecule has 2 rings (SSSR count). The van der Waals surface area contributed by atoms with Crippen LogP contribution in [0.25, 0.3) is 0 Å². The minimum absolute atomic E-state index is 0.0825. The number of allylic oxidation sites excluding steroid dienone is 1. The molecule has 3 nitrogen and oxygen atoms in total. The van der Waals surface area contributed by atoms with Crippen molar-refractivity contribution in [3.8, 4) is 0 Å². The third-order valence-corrected chi connectivity index (χ3v) is 3.99. The lowest BCUT2D eigenvalue weighted by Gasteiger charge is -2.32. The topological polar surface area (TPSA) is 29.5 Å². The quantitative estimate of drug-likeness (QED) is 0.437. The van der Waals surface area contributed by atoms with Crippen LogP contribution in [-0.2, 0) is 9.53 Å². The number of unbranched alkanes of at least 4 members (excludes halogenated alkanes) is 3. The molecule has 2 aliphatic heterocycles. The Labute approximate surface area is 110 Å². The maximum atomic E-state index is 11.9. The number of carbonyl (C=O) groups excluding carboxylic acids is 1. The zero-order valence-electron chi connectivity index (χ0n) is 11.5. The van der Waals surface area contributed by atoms with E-state index < -0.39 is 0 Å². The zero-order chi connectivity index (χ0) is 12.8. The van der Waals surface area contributed by atoms with Crippen LogP contribution in [0.5, 0.6) is 0 Å². The van der Waals surface area contributed by atoms with Crippen molar-refractivity contribution in [2.75, 3.05) is 19.7 Å². The molecule has 0 aromatic carbocycles. The fourth-order valence-electron chi connectivity index (χ4n) is 2.82. The maximum absolute atomic E-state index is 11.9. The van der Waals surface area contributed by atoms with E-state index in [0.717, 1.165) is 25.1 Å². The summed E-state index contributed by atoms with van der Waals surface area (Å²) in [6, 6.07) is 0.462. The average Bonchev–Trinajstić information content (AvgIpc) is 2.55. The standard InChI is InChI=1S/C15H25NO2/c1-2-3-4-5-8-13-11-16-10-7-6-9-14(16)12-18-15(13)17/h8,14H,2-7,9-12H2,1H3/b13-8+. The van der Waals surface area contributed by atoms with Gasteiger partial charge in [-0.1, -0.05) is 32.3 Å². The van der Waals surface area contributed by atoms with Gasteiger partial charge in [-0.2, -0.15) is 0 Å². The summed E-state index contributed by atoms with van der Waals surface area (Å²) in [5.74, 6) is -0.0825. The van der Waals surface area contributed by atoms with E-state index in [2.05, 4.69) is 17.9 Å². The van der Waals surface area contributed by atoms with Crippen LogP contribution >= 0.6 is 0 Å². The lowest BCUT2D eigenvalue weighted by Crippen LogP contribution is -2.41. The molecule has 2 saturated heterocycles. The molecule has 3 heteroatoms. The van der Waals surface area contributed by atoms with Crippen LogP contribution in [0.2, 0.25) is 0 Å². The van der Waals surface area contributed by atoms with Gasteiger partial charge in [-0.15, -0.1) is 0 Å². The Kier molecular flexibility index (Phi) is 5.24. The number of carbonyl (C=O) groups is 1. The monoisotopic (exact) mass is 251 g/mol. The molecule has 18 heavy (non-hydrogen) atoms. The fourth-order valence-corrected chi connectivity index (χ4v) is 2.82. The first-order valence-corrected chi connectivity index (χ1v) is 7.41. The predicted molar refractivity (Wildman–Crippen MR) is 72.4 cm³/mol. The third kappa shape index (κ3) is 3.58. The van der Waals surface area contributed by atoms with Gasteiger partial charge in [-0.05, 0) is 32.2 Å². The minimum Gasteiger partial charge on any atom is -0.461 e. The highest BCUT2D eigenvalue weighted by Gasteiger charge is 2.29. The van der Waals surface area contributed by atoms with Crippen molar-refractivity contribution in [2.45, 2.75) is 57.9 Å². The molecule has 102 valence electrons. The summed E-state index contributed by atoms with van der Waals surface area (Å²) in [5, 5.41) is 0. The number of fused-ring (bicyclic) bond motifs is 1. The molecule has 2 fully saturated rings. The van der Waals surface area contributed by atoms with Crippen LogP contribution in [0.3, 0.4) is 0 Å². The SMILES string of the molecule is CCCCC/C=C1\CN2CCCCC2COC1=O. The highest BCUT2D eigenvalue weighted by atomic mass is 16.5. The molecular weight excluding hydrogens is 226 g/mol. The number of nitrogens with zero attached hydrogens (tertiary/aromatic N) is 1. The molecule has 1 unspecified atom stereocenters. The molecule has 0 aromatic heterocycles. The van der Waals surface area contributed by atoms with E-state index in [0.29, 0.717) is 12.6 Å². The van der Waals surface area contributed by atoms with E-state index in [1.807, 2.05) is 0 Å². The van der Waals surface area contributed by atoms with E-state index in [9.17, 15) is 4.79 Å². The van der Waals surface area contributed by atoms with Gasteiger partial charge >= 0.3 is 5.97 Å². The summed E-state index contributed by atoms with van der Waals surface area (Å²) in [4.78, 5) is 14.3. The van der Waals surface area contributed by atoms with Gasteiger partial charge in [0.2, 0.25) is 0 Å². The first kappa shape index (κ1) is 13.6. The van der Waals surface area contributed by atoms with Gasteiger partial charge in [-0.25, -0.2) is 4.79 Å². The van der Waals surface area contributed by atoms with E-state index in [1.165, 1.54) is 38.5 Å². The second-order valence-electron chi connectivity index (χ2n) is 5.44. The first-order valence-electron chi connectivity index (χ1n) is 7.41. The molecule has 1 atom stereocenters. The van der Waals surface area contributed by atoms with Crippen molar-refractivity contribution in [3.63, 3.8) is 0 Å². The summed E-state index contributed by atoms with van der Waals surface area (Å²) in [6.07, 6.45) is 10.5. The second kappa shape index (κ2) is 6.93. The van der Waals surface area contributed by atoms with Crippen molar-refractivity contribution in [2.24, 2.45) is 0 Å². The molecule has 0 N–H and O–H groups in total. The van der Waals surface area contributed by atoms with Gasteiger partial charge in [0.25, 0.3) is 0 Å². The van der Waals surface area contributed by atoms with Crippen molar-refractivity contribution in [1.82, 2.24) is 4.90 Å². The van der Waals surface area contributed by atoms with Crippen LogP contribution in [0.15, 0.2) is 11.6 Å². The van der Waals surface area contributed by atoms with Gasteiger partial charge in [0.15, 0.2) is 0 Å². The van der Waals surface area contributed by atoms with Gasteiger partial charge < -0.3 is 4.74 Å². The summed E-state index contributed by atoms with van der Waals surface area (Å²) in [7, 11) is 0. The molecule has 0 aromatic rings. The van der Waals surface area contributed by atoms with Crippen molar-refractivity contribution >= 4 is 5.97 Å². The number of rotatable bonds is 4. The van der Waals surface area contributed by atoms with Gasteiger partial charge in [0.05, 0.1) is 0 Å². The smallest absolute Gasteiger partial charge is 0.335 e. The summed E-state index contributed by atoms with van der Waals surface area (Å²) in [5.41, 5.74) is 0.885. The Balaban J connectivity index is 1.93. The normalized spacial score (nSPS) is 27.7. The van der Waals surface area contributed by atoms with Crippen LogP contribution in [0, 0.1) is 0 Å². The zero-order valence-corrected chi connectivity index (χ0v) is 11.5. The highest BCUT2D eigenvalue weighted by molar-refractivity contribution is 5.89. The van der Waals surface area contributed by atoms with Gasteiger partial charge in [-0.3, -0.25) is 4.90 Å². The lowest BCUT2D eigenvalue weighted by molar-refractivity contribution is -0.139. The van der Waals surface area contributed by atoms with E-state index >= 15 is 0 Å². The summed E-state index contributed by atoms with van der Waals surface area (Å²) in [6.45, 7) is 4.71. The van der Waals surface area contributed by atoms with Crippen LogP contribution in [0.4, 0.5) is 0 Å². The maximum Gasteiger partial charge on any atom is 0.335 e. The minimum atomic E-state index is -0.0825. The molecule has 0 bridgehead atoms. The predicted octanol–water partition coefficient (Wildman–Crippen LogP) is 2.90. The van der Waals surface area contributed by atoms with Crippen molar-refractivity contribution in [3.05, 3.63) is 11.6 Å². The van der Waals surface area contributed by atoms with Crippen LogP contribution in [0.1, 0.15) is 51.9 Å².